The van der Waals surface area contributed by atoms with Crippen LogP contribution in [0.1, 0.15) is 27.7 Å². The predicted molar refractivity (Wildman–Crippen MR) is 60.0 cm³/mol. The van der Waals surface area contributed by atoms with Crippen molar-refractivity contribution in [1.29, 1.82) is 0 Å². The zero-order valence-corrected chi connectivity index (χ0v) is 10.8. The Morgan fingerprint density at radius 3 is 0.778 bits per heavy atom. The Bertz CT molecular complexity index is 325. The molecule has 2 fully saturated rings. The SMILES string of the molecule is CC(=O)[C@@H]1O[C@H]1C(C)=O.CC(=O)[C@H]1O[C@@H]1C(C)=O. The Balaban J connectivity index is 0.000000180. The Morgan fingerprint density at radius 2 is 0.722 bits per heavy atom. The van der Waals surface area contributed by atoms with Crippen LogP contribution in [0.5, 0.6) is 0 Å². The highest BCUT2D eigenvalue weighted by atomic mass is 16.6. The fourth-order valence-corrected chi connectivity index (χ4v) is 1.46. The maximum atomic E-state index is 10.4. The van der Waals surface area contributed by atoms with E-state index < -0.39 is 24.4 Å². The van der Waals surface area contributed by atoms with Gasteiger partial charge in [-0.1, -0.05) is 0 Å². The third-order valence-electron chi connectivity index (χ3n) is 2.59. The largest absolute Gasteiger partial charge is 0.353 e. The maximum absolute atomic E-state index is 10.4. The highest BCUT2D eigenvalue weighted by molar-refractivity contribution is 5.95. The topological polar surface area (TPSA) is 93.3 Å². The fraction of sp³-hybridized carbons (Fsp3) is 0.667. The average Bonchev–Trinajstić information content (AvgIpc) is 3.12. The van der Waals surface area contributed by atoms with Gasteiger partial charge in [-0.25, -0.2) is 0 Å². The van der Waals surface area contributed by atoms with Crippen LogP contribution in [0, 0.1) is 0 Å². The molecular weight excluding hydrogens is 240 g/mol. The Morgan fingerprint density at radius 1 is 0.556 bits per heavy atom. The van der Waals surface area contributed by atoms with E-state index in [4.69, 9.17) is 9.47 Å². The molecule has 2 saturated heterocycles. The lowest BCUT2D eigenvalue weighted by atomic mass is 10.2. The minimum Gasteiger partial charge on any atom is -0.353 e. The van der Waals surface area contributed by atoms with Gasteiger partial charge in [-0.2, -0.15) is 0 Å². The van der Waals surface area contributed by atoms with Crippen LogP contribution >= 0.6 is 0 Å². The van der Waals surface area contributed by atoms with Gasteiger partial charge < -0.3 is 9.47 Å². The van der Waals surface area contributed by atoms with Gasteiger partial charge in [0, 0.05) is 0 Å². The molecule has 2 aliphatic rings. The van der Waals surface area contributed by atoms with Crippen molar-refractivity contribution in [1.82, 2.24) is 0 Å². The van der Waals surface area contributed by atoms with Crippen molar-refractivity contribution in [3.63, 3.8) is 0 Å². The molecule has 0 aromatic carbocycles. The van der Waals surface area contributed by atoms with Crippen molar-refractivity contribution < 1.29 is 28.7 Å². The number of ketones is 4. The zero-order valence-electron chi connectivity index (χ0n) is 10.8. The summed E-state index contributed by atoms with van der Waals surface area (Å²) in [6.45, 7) is 5.70. The van der Waals surface area contributed by atoms with Gasteiger partial charge in [0.1, 0.15) is 24.4 Å². The maximum Gasteiger partial charge on any atom is 0.161 e. The highest BCUT2D eigenvalue weighted by Crippen LogP contribution is 2.23. The number of hydrogen-bond acceptors (Lipinski definition) is 6. The van der Waals surface area contributed by atoms with Gasteiger partial charge in [-0.3, -0.25) is 19.2 Å². The van der Waals surface area contributed by atoms with Crippen LogP contribution in [0.4, 0.5) is 0 Å². The van der Waals surface area contributed by atoms with Gasteiger partial charge in [-0.05, 0) is 27.7 Å². The molecule has 0 bridgehead atoms. The average molecular weight is 256 g/mol. The molecule has 0 spiro atoms. The number of hydrogen-bond donors (Lipinski definition) is 0. The lowest BCUT2D eigenvalue weighted by Gasteiger charge is -1.79. The van der Waals surface area contributed by atoms with E-state index in [9.17, 15) is 19.2 Å². The number of ether oxygens (including phenoxy) is 2. The van der Waals surface area contributed by atoms with Gasteiger partial charge in [0.15, 0.2) is 23.1 Å². The zero-order chi connectivity index (χ0) is 14.0. The summed E-state index contributed by atoms with van der Waals surface area (Å²) in [6, 6.07) is 0. The molecule has 2 heterocycles. The van der Waals surface area contributed by atoms with Crippen LogP contribution in [0.2, 0.25) is 0 Å². The first-order valence-electron chi connectivity index (χ1n) is 5.58. The van der Waals surface area contributed by atoms with Crippen molar-refractivity contribution in [2.24, 2.45) is 0 Å². The van der Waals surface area contributed by atoms with Crippen molar-refractivity contribution in [3.8, 4) is 0 Å². The summed E-state index contributed by atoms with van der Waals surface area (Å²) in [5, 5.41) is 0. The first kappa shape index (κ1) is 14.7. The van der Waals surface area contributed by atoms with E-state index in [2.05, 4.69) is 0 Å². The fourth-order valence-electron chi connectivity index (χ4n) is 1.46. The van der Waals surface area contributed by atoms with Crippen molar-refractivity contribution >= 4 is 23.1 Å². The molecule has 0 saturated carbocycles. The molecule has 0 aromatic rings. The second kappa shape index (κ2) is 5.49. The minimum absolute atomic E-state index is 0.0600. The summed E-state index contributed by atoms with van der Waals surface area (Å²) < 4.78 is 9.48. The van der Waals surface area contributed by atoms with E-state index in [1.165, 1.54) is 27.7 Å². The summed E-state index contributed by atoms with van der Waals surface area (Å²) in [5.41, 5.74) is 0. The van der Waals surface area contributed by atoms with Crippen molar-refractivity contribution in [2.45, 2.75) is 52.1 Å². The number of carbonyl (C=O) groups is 4. The second-order valence-electron chi connectivity index (χ2n) is 4.40. The molecular formula is C12H16O6. The first-order chi connectivity index (χ1) is 8.25. The number of epoxide rings is 2. The Labute approximate surface area is 105 Å². The van der Waals surface area contributed by atoms with Crippen LogP contribution in [0.15, 0.2) is 0 Å². The third-order valence-corrected chi connectivity index (χ3v) is 2.59. The third kappa shape index (κ3) is 3.82. The standard InChI is InChI=1S/2C6H8O3/c2*1-3(7)5-6(9-5)4(2)8/h2*5-6H,1-2H3/t2*5-,6-/m10/s1. The van der Waals surface area contributed by atoms with Gasteiger partial charge in [0.2, 0.25) is 0 Å². The predicted octanol–water partition coefficient (Wildman–Crippen LogP) is -0.136. The van der Waals surface area contributed by atoms with Crippen LogP contribution in [0.25, 0.3) is 0 Å². The van der Waals surface area contributed by atoms with Gasteiger partial charge in [0.25, 0.3) is 0 Å². The molecule has 0 aromatic heterocycles. The minimum atomic E-state index is -0.428. The molecule has 0 amide bonds. The van der Waals surface area contributed by atoms with E-state index in [-0.39, 0.29) is 23.1 Å². The monoisotopic (exact) mass is 256 g/mol. The molecule has 6 nitrogen and oxygen atoms in total. The van der Waals surface area contributed by atoms with Gasteiger partial charge in [0.05, 0.1) is 0 Å². The van der Waals surface area contributed by atoms with E-state index in [0.717, 1.165) is 0 Å². The van der Waals surface area contributed by atoms with Crippen LogP contribution in [-0.4, -0.2) is 47.5 Å². The molecule has 4 atom stereocenters. The molecule has 100 valence electrons. The number of Topliss-reactive ketones (excluding diaryl/α,β-unsaturated/α-hetero) is 4. The first-order valence-corrected chi connectivity index (χ1v) is 5.58. The molecule has 6 heteroatoms. The Hall–Kier alpha value is -1.40. The summed E-state index contributed by atoms with van der Waals surface area (Å²) >= 11 is 0. The quantitative estimate of drug-likeness (QED) is 0.650. The van der Waals surface area contributed by atoms with Crippen LogP contribution in [-0.2, 0) is 28.7 Å². The van der Waals surface area contributed by atoms with E-state index in [1.54, 1.807) is 0 Å². The molecule has 2 rings (SSSR count). The lowest BCUT2D eigenvalue weighted by Crippen LogP contribution is -2.10. The van der Waals surface area contributed by atoms with Gasteiger partial charge >= 0.3 is 0 Å². The number of rotatable bonds is 4. The Kier molecular flexibility index (Phi) is 4.48. The van der Waals surface area contributed by atoms with Crippen molar-refractivity contribution in [2.75, 3.05) is 0 Å². The summed E-state index contributed by atoms with van der Waals surface area (Å²) in [5.74, 6) is -0.240. The molecule has 0 unspecified atom stereocenters. The number of carbonyl (C=O) groups excluding carboxylic acids is 4. The van der Waals surface area contributed by atoms with E-state index in [1.807, 2.05) is 0 Å². The molecule has 2 aliphatic heterocycles. The van der Waals surface area contributed by atoms with Crippen LogP contribution in [0.3, 0.4) is 0 Å². The molecule has 0 radical (unpaired) electrons. The second-order valence-corrected chi connectivity index (χ2v) is 4.40. The van der Waals surface area contributed by atoms with Gasteiger partial charge in [-0.15, -0.1) is 0 Å². The lowest BCUT2D eigenvalue weighted by molar-refractivity contribution is -0.120. The van der Waals surface area contributed by atoms with Crippen molar-refractivity contribution in [3.05, 3.63) is 0 Å². The molecule has 0 N–H and O–H groups in total. The van der Waals surface area contributed by atoms with E-state index in [0.29, 0.717) is 0 Å². The van der Waals surface area contributed by atoms with E-state index >= 15 is 0 Å². The smallest absolute Gasteiger partial charge is 0.161 e. The normalized spacial score (nSPS) is 31.8. The highest BCUT2D eigenvalue weighted by Gasteiger charge is 2.46. The summed E-state index contributed by atoms with van der Waals surface area (Å²) in [4.78, 5) is 41.8. The summed E-state index contributed by atoms with van der Waals surface area (Å²) in [7, 11) is 0. The molecule has 0 aliphatic carbocycles. The summed E-state index contributed by atoms with van der Waals surface area (Å²) in [6.07, 6.45) is -1.71. The van der Waals surface area contributed by atoms with Crippen LogP contribution < -0.4 is 0 Å². The molecule has 18 heavy (non-hydrogen) atoms.